The van der Waals surface area contributed by atoms with Crippen LogP contribution >= 0.6 is 0 Å². The lowest BCUT2D eigenvalue weighted by Crippen LogP contribution is -2.21. The molecule has 3 rings (SSSR count). The van der Waals surface area contributed by atoms with Crippen LogP contribution in [0.15, 0.2) is 30.5 Å². The Kier molecular flexibility index (Phi) is 3.60. The molecule has 1 unspecified atom stereocenters. The molecule has 1 aromatic heterocycles. The third-order valence-corrected chi connectivity index (χ3v) is 3.54. The molecule has 2 aromatic rings. The minimum Gasteiger partial charge on any atom is -0.454 e. The summed E-state index contributed by atoms with van der Waals surface area (Å²) >= 11 is 0. The van der Waals surface area contributed by atoms with Crippen LogP contribution < -0.4 is 14.8 Å². The molecule has 1 aromatic carbocycles. The van der Waals surface area contributed by atoms with E-state index >= 15 is 0 Å². The summed E-state index contributed by atoms with van der Waals surface area (Å²) in [6, 6.07) is 8.35. The first-order valence-corrected chi connectivity index (χ1v) is 6.91. The van der Waals surface area contributed by atoms with E-state index in [-0.39, 0.29) is 6.04 Å². The molecule has 1 N–H and O–H groups in total. The molecule has 106 valence electrons. The van der Waals surface area contributed by atoms with Crippen molar-refractivity contribution in [2.24, 2.45) is 0 Å². The van der Waals surface area contributed by atoms with Crippen molar-refractivity contribution in [1.29, 1.82) is 0 Å². The number of ether oxygens (including phenoxy) is 2. The minimum absolute atomic E-state index is 0.253. The summed E-state index contributed by atoms with van der Waals surface area (Å²) < 4.78 is 12.7. The van der Waals surface area contributed by atoms with Gasteiger partial charge in [-0.05, 0) is 37.6 Å². The number of benzene rings is 1. The summed E-state index contributed by atoms with van der Waals surface area (Å²) in [7, 11) is 0. The first kappa shape index (κ1) is 13.0. The summed E-state index contributed by atoms with van der Waals surface area (Å²) in [5.74, 6) is 1.65. The Morgan fingerprint density at radius 2 is 2.15 bits per heavy atom. The average Bonchev–Trinajstić information content (AvgIpc) is 3.12. The molecule has 0 radical (unpaired) electrons. The molecule has 5 nitrogen and oxygen atoms in total. The van der Waals surface area contributed by atoms with Crippen LogP contribution in [0, 0.1) is 0 Å². The van der Waals surface area contributed by atoms with Crippen molar-refractivity contribution in [1.82, 2.24) is 15.1 Å². The van der Waals surface area contributed by atoms with E-state index in [0.29, 0.717) is 6.79 Å². The highest BCUT2D eigenvalue weighted by Gasteiger charge is 2.14. The predicted octanol–water partition coefficient (Wildman–Crippen LogP) is 2.48. The summed E-state index contributed by atoms with van der Waals surface area (Å²) in [5, 5.41) is 7.81. The van der Waals surface area contributed by atoms with Gasteiger partial charge in [0, 0.05) is 25.3 Å². The maximum atomic E-state index is 5.39. The van der Waals surface area contributed by atoms with E-state index in [1.54, 1.807) is 0 Å². The molecule has 0 bridgehead atoms. The third kappa shape index (κ3) is 2.49. The second-order valence-corrected chi connectivity index (χ2v) is 4.86. The van der Waals surface area contributed by atoms with Gasteiger partial charge in [0.15, 0.2) is 11.5 Å². The maximum absolute atomic E-state index is 5.39. The molecule has 0 amide bonds. The zero-order valence-electron chi connectivity index (χ0n) is 11.8. The topological polar surface area (TPSA) is 48.3 Å². The third-order valence-electron chi connectivity index (χ3n) is 3.54. The van der Waals surface area contributed by atoms with Gasteiger partial charge in [0.1, 0.15) is 0 Å². The Morgan fingerprint density at radius 1 is 1.30 bits per heavy atom. The van der Waals surface area contributed by atoms with Gasteiger partial charge in [-0.15, -0.1) is 0 Å². The van der Waals surface area contributed by atoms with Crippen LogP contribution in [0.5, 0.6) is 11.5 Å². The highest BCUT2D eigenvalue weighted by molar-refractivity contribution is 5.44. The second-order valence-electron chi connectivity index (χ2n) is 4.86. The number of fused-ring (bicyclic) bond motifs is 1. The van der Waals surface area contributed by atoms with Crippen molar-refractivity contribution >= 4 is 0 Å². The fourth-order valence-electron chi connectivity index (χ4n) is 2.40. The normalized spacial score (nSPS) is 14.5. The Balaban J connectivity index is 1.64. The Morgan fingerprint density at radius 3 is 3.00 bits per heavy atom. The number of aromatic nitrogens is 2. The molecule has 0 saturated heterocycles. The Bertz CT molecular complexity index is 595. The van der Waals surface area contributed by atoms with Crippen LogP contribution in [-0.4, -0.2) is 16.6 Å². The van der Waals surface area contributed by atoms with Gasteiger partial charge in [-0.3, -0.25) is 4.68 Å². The van der Waals surface area contributed by atoms with E-state index in [1.165, 1.54) is 11.3 Å². The number of nitrogens with one attached hydrogen (secondary N) is 1. The molecule has 0 spiro atoms. The first-order valence-electron chi connectivity index (χ1n) is 6.91. The monoisotopic (exact) mass is 273 g/mol. The van der Waals surface area contributed by atoms with Crippen LogP contribution in [0.4, 0.5) is 0 Å². The Labute approximate surface area is 118 Å². The van der Waals surface area contributed by atoms with E-state index < -0.39 is 0 Å². The van der Waals surface area contributed by atoms with Crippen molar-refractivity contribution < 1.29 is 9.47 Å². The maximum Gasteiger partial charge on any atom is 0.231 e. The van der Waals surface area contributed by atoms with Gasteiger partial charge in [-0.2, -0.15) is 5.10 Å². The van der Waals surface area contributed by atoms with Gasteiger partial charge >= 0.3 is 0 Å². The predicted molar refractivity (Wildman–Crippen MR) is 75.7 cm³/mol. The van der Waals surface area contributed by atoms with Crippen molar-refractivity contribution in [2.45, 2.75) is 33.0 Å². The molecule has 0 saturated carbocycles. The van der Waals surface area contributed by atoms with E-state index in [9.17, 15) is 0 Å². The molecular weight excluding hydrogens is 254 g/mol. The first-order chi connectivity index (χ1) is 9.78. The fraction of sp³-hybridized carbons (Fsp3) is 0.400. The molecule has 1 atom stereocenters. The quantitative estimate of drug-likeness (QED) is 0.909. The number of rotatable bonds is 5. The van der Waals surface area contributed by atoms with Crippen molar-refractivity contribution in [3.8, 4) is 11.5 Å². The molecule has 5 heteroatoms. The van der Waals surface area contributed by atoms with Gasteiger partial charge in [0.05, 0.1) is 5.69 Å². The minimum atomic E-state index is 0.253. The van der Waals surface area contributed by atoms with E-state index in [1.807, 2.05) is 23.0 Å². The van der Waals surface area contributed by atoms with Gasteiger partial charge in [-0.1, -0.05) is 6.07 Å². The molecule has 20 heavy (non-hydrogen) atoms. The van der Waals surface area contributed by atoms with Crippen LogP contribution in [-0.2, 0) is 13.1 Å². The molecule has 1 aliphatic heterocycles. The summed E-state index contributed by atoms with van der Waals surface area (Å²) in [6.45, 7) is 6.24. The number of nitrogens with zero attached hydrogens (tertiary/aromatic N) is 2. The highest BCUT2D eigenvalue weighted by Crippen LogP contribution is 2.32. The standard InChI is InChI=1S/C15H19N3O2/c1-3-18-13(6-7-17-18)11(2)16-9-12-4-5-14-15(8-12)20-10-19-14/h4-8,11,16H,3,9-10H2,1-2H3. The molecule has 2 heterocycles. The number of hydrogen-bond donors (Lipinski definition) is 1. The van der Waals surface area contributed by atoms with Gasteiger partial charge in [-0.25, -0.2) is 0 Å². The highest BCUT2D eigenvalue weighted by atomic mass is 16.7. The lowest BCUT2D eigenvalue weighted by Gasteiger charge is -2.15. The summed E-state index contributed by atoms with van der Waals surface area (Å²) in [6.07, 6.45) is 1.84. The zero-order chi connectivity index (χ0) is 13.9. The van der Waals surface area contributed by atoms with Crippen molar-refractivity contribution in [2.75, 3.05) is 6.79 Å². The lowest BCUT2D eigenvalue weighted by atomic mass is 10.1. The smallest absolute Gasteiger partial charge is 0.231 e. The van der Waals surface area contributed by atoms with Gasteiger partial charge < -0.3 is 14.8 Å². The SMILES string of the molecule is CCn1nccc1C(C)NCc1ccc2c(c1)OCO2. The van der Waals surface area contributed by atoms with E-state index in [0.717, 1.165) is 24.6 Å². The Hall–Kier alpha value is -2.01. The van der Waals surface area contributed by atoms with Crippen LogP contribution in [0.25, 0.3) is 0 Å². The molecular formula is C15H19N3O2. The molecule has 0 aliphatic carbocycles. The fourth-order valence-corrected chi connectivity index (χ4v) is 2.40. The summed E-state index contributed by atoms with van der Waals surface area (Å²) in [4.78, 5) is 0. The zero-order valence-corrected chi connectivity index (χ0v) is 11.8. The molecule has 1 aliphatic rings. The second kappa shape index (κ2) is 5.54. The van der Waals surface area contributed by atoms with Crippen LogP contribution in [0.2, 0.25) is 0 Å². The van der Waals surface area contributed by atoms with Crippen LogP contribution in [0.1, 0.15) is 31.1 Å². The van der Waals surface area contributed by atoms with Crippen molar-refractivity contribution in [3.05, 3.63) is 41.7 Å². The van der Waals surface area contributed by atoms with Crippen LogP contribution in [0.3, 0.4) is 0 Å². The number of aryl methyl sites for hydroxylation is 1. The average molecular weight is 273 g/mol. The van der Waals surface area contributed by atoms with E-state index in [4.69, 9.17) is 9.47 Å². The lowest BCUT2D eigenvalue weighted by molar-refractivity contribution is 0.174. The van der Waals surface area contributed by atoms with Crippen molar-refractivity contribution in [3.63, 3.8) is 0 Å². The molecule has 0 fully saturated rings. The van der Waals surface area contributed by atoms with E-state index in [2.05, 4.69) is 36.4 Å². The largest absolute Gasteiger partial charge is 0.454 e. The number of hydrogen-bond acceptors (Lipinski definition) is 4. The summed E-state index contributed by atoms with van der Waals surface area (Å²) in [5.41, 5.74) is 2.39. The van der Waals surface area contributed by atoms with Gasteiger partial charge in [0.2, 0.25) is 6.79 Å². The van der Waals surface area contributed by atoms with Gasteiger partial charge in [0.25, 0.3) is 0 Å².